The minimum absolute atomic E-state index is 0.0161. The lowest BCUT2D eigenvalue weighted by Crippen LogP contribution is -2.37. The van der Waals surface area contributed by atoms with Gasteiger partial charge in [0.1, 0.15) is 0 Å². The number of carbonyl (C=O) groups is 2. The molecule has 0 bridgehead atoms. The van der Waals surface area contributed by atoms with Gasteiger partial charge in [0.2, 0.25) is 5.91 Å². The summed E-state index contributed by atoms with van der Waals surface area (Å²) in [6, 6.07) is 13.9. The topological polar surface area (TPSA) is 74.6 Å². The molecule has 6 nitrogen and oxygen atoms in total. The molecule has 3 rings (SSSR count). The zero-order valence-electron chi connectivity index (χ0n) is 15.5. The summed E-state index contributed by atoms with van der Waals surface area (Å²) < 4.78 is 5.03. The van der Waals surface area contributed by atoms with Crippen molar-refractivity contribution in [1.29, 1.82) is 0 Å². The molecule has 0 aliphatic carbocycles. The van der Waals surface area contributed by atoms with Crippen molar-refractivity contribution in [3.63, 3.8) is 0 Å². The maximum atomic E-state index is 12.2. The van der Waals surface area contributed by atoms with Gasteiger partial charge in [-0.2, -0.15) is 0 Å². The lowest BCUT2D eigenvalue weighted by molar-refractivity contribution is -0.121. The van der Waals surface area contributed by atoms with Crippen molar-refractivity contribution in [3.8, 4) is 0 Å². The SMILES string of the molecule is O=C(CCCNC(=O)c1ccco1)NCC(c1ccccc1)N1CCCC1. The molecular weight excluding hydrogens is 342 g/mol. The number of likely N-dealkylation sites (tertiary alicyclic amines) is 1. The van der Waals surface area contributed by atoms with Crippen LogP contribution in [0.2, 0.25) is 0 Å². The summed E-state index contributed by atoms with van der Waals surface area (Å²) in [6.07, 6.45) is 4.88. The van der Waals surface area contributed by atoms with E-state index in [-0.39, 0.29) is 23.6 Å². The number of carbonyl (C=O) groups excluding carboxylic acids is 2. The molecule has 1 aromatic carbocycles. The van der Waals surface area contributed by atoms with Gasteiger partial charge in [-0.05, 0) is 50.0 Å². The first-order chi connectivity index (χ1) is 13.2. The Kier molecular flexibility index (Phi) is 7.04. The number of hydrogen-bond donors (Lipinski definition) is 2. The van der Waals surface area contributed by atoms with E-state index in [4.69, 9.17) is 4.42 Å². The maximum Gasteiger partial charge on any atom is 0.286 e. The van der Waals surface area contributed by atoms with Crippen molar-refractivity contribution < 1.29 is 14.0 Å². The van der Waals surface area contributed by atoms with E-state index >= 15 is 0 Å². The molecule has 2 heterocycles. The molecule has 2 aromatic rings. The molecule has 2 N–H and O–H groups in total. The maximum absolute atomic E-state index is 12.2. The molecule has 1 aliphatic heterocycles. The lowest BCUT2D eigenvalue weighted by atomic mass is 10.1. The van der Waals surface area contributed by atoms with Crippen molar-refractivity contribution in [2.45, 2.75) is 31.7 Å². The van der Waals surface area contributed by atoms with E-state index in [1.807, 2.05) is 18.2 Å². The fourth-order valence-electron chi connectivity index (χ4n) is 3.43. The summed E-state index contributed by atoms with van der Waals surface area (Å²) >= 11 is 0. The number of furan rings is 1. The standard InChI is InChI=1S/C21H27N3O3/c25-20(11-6-12-22-21(26)19-10-7-15-27-19)23-16-18(24-13-4-5-14-24)17-8-2-1-3-9-17/h1-3,7-10,15,18H,4-6,11-14,16H2,(H,22,26)(H,23,25). The second-order valence-corrected chi connectivity index (χ2v) is 6.81. The van der Waals surface area contributed by atoms with E-state index in [1.54, 1.807) is 12.1 Å². The zero-order valence-corrected chi connectivity index (χ0v) is 15.5. The Bertz CT molecular complexity index is 710. The van der Waals surface area contributed by atoms with Gasteiger partial charge < -0.3 is 15.1 Å². The van der Waals surface area contributed by atoms with Crippen molar-refractivity contribution in [1.82, 2.24) is 15.5 Å². The Morgan fingerprint density at radius 2 is 1.81 bits per heavy atom. The highest BCUT2D eigenvalue weighted by atomic mass is 16.3. The first kappa shape index (κ1) is 19.2. The third kappa shape index (κ3) is 5.69. The van der Waals surface area contributed by atoms with Gasteiger partial charge in [0.15, 0.2) is 5.76 Å². The molecule has 1 saturated heterocycles. The lowest BCUT2D eigenvalue weighted by Gasteiger charge is -2.28. The largest absolute Gasteiger partial charge is 0.459 e. The van der Waals surface area contributed by atoms with Crippen molar-refractivity contribution in [2.75, 3.05) is 26.2 Å². The molecule has 1 atom stereocenters. The number of rotatable bonds is 9. The van der Waals surface area contributed by atoms with Crippen LogP contribution in [-0.4, -0.2) is 42.9 Å². The summed E-state index contributed by atoms with van der Waals surface area (Å²) in [4.78, 5) is 26.4. The van der Waals surface area contributed by atoms with Gasteiger partial charge >= 0.3 is 0 Å². The molecule has 1 aromatic heterocycles. The first-order valence-electron chi connectivity index (χ1n) is 9.61. The van der Waals surface area contributed by atoms with E-state index < -0.39 is 0 Å². The Morgan fingerprint density at radius 3 is 2.52 bits per heavy atom. The minimum Gasteiger partial charge on any atom is -0.459 e. The van der Waals surface area contributed by atoms with E-state index in [0.717, 1.165) is 13.1 Å². The highest BCUT2D eigenvalue weighted by molar-refractivity contribution is 5.91. The Balaban J connectivity index is 1.40. The van der Waals surface area contributed by atoms with Gasteiger partial charge in [-0.25, -0.2) is 0 Å². The van der Waals surface area contributed by atoms with E-state index in [1.165, 1.54) is 24.7 Å². The molecule has 27 heavy (non-hydrogen) atoms. The van der Waals surface area contributed by atoms with Crippen LogP contribution >= 0.6 is 0 Å². The first-order valence-corrected chi connectivity index (χ1v) is 9.61. The van der Waals surface area contributed by atoms with Crippen LogP contribution in [0.1, 0.15) is 47.8 Å². The normalized spacial score (nSPS) is 15.4. The number of hydrogen-bond acceptors (Lipinski definition) is 4. The van der Waals surface area contributed by atoms with Crippen LogP contribution in [-0.2, 0) is 4.79 Å². The van der Waals surface area contributed by atoms with Crippen LogP contribution in [0.4, 0.5) is 0 Å². The van der Waals surface area contributed by atoms with Crippen LogP contribution in [0.15, 0.2) is 53.1 Å². The van der Waals surface area contributed by atoms with Crippen LogP contribution in [0, 0.1) is 0 Å². The number of nitrogens with one attached hydrogen (secondary N) is 2. The number of nitrogens with zero attached hydrogens (tertiary/aromatic N) is 1. The van der Waals surface area contributed by atoms with Crippen LogP contribution in [0.25, 0.3) is 0 Å². The van der Waals surface area contributed by atoms with Crippen molar-refractivity contribution in [2.24, 2.45) is 0 Å². The highest BCUT2D eigenvalue weighted by Crippen LogP contribution is 2.24. The van der Waals surface area contributed by atoms with Gasteiger partial charge in [0.05, 0.1) is 12.3 Å². The molecule has 2 amide bonds. The summed E-state index contributed by atoms with van der Waals surface area (Å²) in [5, 5.41) is 5.82. The molecule has 6 heteroatoms. The molecule has 1 fully saturated rings. The molecule has 144 valence electrons. The van der Waals surface area contributed by atoms with E-state index in [0.29, 0.717) is 25.9 Å². The monoisotopic (exact) mass is 369 g/mol. The van der Waals surface area contributed by atoms with Gasteiger partial charge in [-0.1, -0.05) is 30.3 Å². The molecule has 0 radical (unpaired) electrons. The predicted octanol–water partition coefficient (Wildman–Crippen LogP) is 2.74. The molecule has 1 aliphatic rings. The van der Waals surface area contributed by atoms with E-state index in [2.05, 4.69) is 27.7 Å². The third-order valence-corrected chi connectivity index (χ3v) is 4.87. The third-order valence-electron chi connectivity index (χ3n) is 4.87. The summed E-state index contributed by atoms with van der Waals surface area (Å²) in [7, 11) is 0. The quantitative estimate of drug-likeness (QED) is 0.667. The van der Waals surface area contributed by atoms with Gasteiger partial charge in [0.25, 0.3) is 5.91 Å². The smallest absolute Gasteiger partial charge is 0.286 e. The average Bonchev–Trinajstić information content (AvgIpc) is 3.40. The fourth-order valence-corrected chi connectivity index (χ4v) is 3.43. The molecule has 0 spiro atoms. The van der Waals surface area contributed by atoms with Crippen LogP contribution in [0.3, 0.4) is 0 Å². The number of amides is 2. The van der Waals surface area contributed by atoms with Crippen LogP contribution in [0.5, 0.6) is 0 Å². The Morgan fingerprint density at radius 1 is 1.04 bits per heavy atom. The summed E-state index contributed by atoms with van der Waals surface area (Å²) in [5.41, 5.74) is 1.24. The summed E-state index contributed by atoms with van der Waals surface area (Å²) in [6.45, 7) is 3.21. The molecule has 0 saturated carbocycles. The fraction of sp³-hybridized carbons (Fsp3) is 0.429. The van der Waals surface area contributed by atoms with Gasteiger partial charge in [-0.15, -0.1) is 0 Å². The van der Waals surface area contributed by atoms with Crippen LogP contribution < -0.4 is 10.6 Å². The van der Waals surface area contributed by atoms with Crippen molar-refractivity contribution in [3.05, 3.63) is 60.1 Å². The molecular formula is C21H27N3O3. The van der Waals surface area contributed by atoms with Gasteiger partial charge in [-0.3, -0.25) is 14.5 Å². The second kappa shape index (κ2) is 9.92. The average molecular weight is 369 g/mol. The highest BCUT2D eigenvalue weighted by Gasteiger charge is 2.23. The molecule has 1 unspecified atom stereocenters. The van der Waals surface area contributed by atoms with Gasteiger partial charge in [0, 0.05) is 19.5 Å². The minimum atomic E-state index is -0.251. The Labute approximate surface area is 159 Å². The van der Waals surface area contributed by atoms with E-state index in [9.17, 15) is 9.59 Å². The van der Waals surface area contributed by atoms with Crippen molar-refractivity contribution >= 4 is 11.8 Å². The number of benzene rings is 1. The Hall–Kier alpha value is -2.60. The zero-order chi connectivity index (χ0) is 18.9. The predicted molar refractivity (Wildman–Crippen MR) is 103 cm³/mol. The summed E-state index contributed by atoms with van der Waals surface area (Å²) in [5.74, 6) is 0.0525. The second-order valence-electron chi connectivity index (χ2n) is 6.81.